The van der Waals surface area contributed by atoms with E-state index < -0.39 is 0 Å². The highest BCUT2D eigenvalue weighted by molar-refractivity contribution is 6.30. The van der Waals surface area contributed by atoms with Gasteiger partial charge in [0.25, 0.3) is 0 Å². The van der Waals surface area contributed by atoms with E-state index in [1.807, 2.05) is 49.4 Å². The molecule has 0 saturated heterocycles. The van der Waals surface area contributed by atoms with Gasteiger partial charge in [0, 0.05) is 11.6 Å². The number of hydrogen-bond donors (Lipinski definition) is 1. The highest BCUT2D eigenvalue weighted by atomic mass is 35.5. The third kappa shape index (κ3) is 4.54. The third-order valence-electron chi connectivity index (χ3n) is 2.60. The average Bonchev–Trinajstić information content (AvgIpc) is 2.42. The van der Waals surface area contributed by atoms with Crippen LogP contribution < -0.4 is 5.32 Å². The van der Waals surface area contributed by atoms with E-state index in [1.165, 1.54) is 0 Å². The number of pyridine rings is 1. The molecule has 0 spiro atoms. The van der Waals surface area contributed by atoms with Crippen molar-refractivity contribution in [2.75, 3.05) is 11.9 Å². The van der Waals surface area contributed by atoms with Crippen molar-refractivity contribution in [1.29, 1.82) is 0 Å². The number of aromatic nitrogens is 1. The van der Waals surface area contributed by atoms with Crippen molar-refractivity contribution < 1.29 is 4.74 Å². The summed E-state index contributed by atoms with van der Waals surface area (Å²) in [6.07, 6.45) is 0. The maximum Gasteiger partial charge on any atom is 0.126 e. The van der Waals surface area contributed by atoms with Gasteiger partial charge in [-0.1, -0.05) is 29.8 Å². The molecule has 2 rings (SSSR count). The lowest BCUT2D eigenvalue weighted by molar-refractivity contribution is 0.104. The first-order valence-corrected chi connectivity index (χ1v) is 6.67. The number of nitrogens with zero attached hydrogens (tertiary/aromatic N) is 1. The first kappa shape index (κ1) is 13.8. The highest BCUT2D eigenvalue weighted by Crippen LogP contribution is 2.11. The second-order valence-electron chi connectivity index (χ2n) is 4.16. The largest absolute Gasteiger partial charge is 0.370 e. The molecule has 100 valence electrons. The van der Waals surface area contributed by atoms with Crippen LogP contribution in [0.5, 0.6) is 0 Å². The van der Waals surface area contributed by atoms with Crippen LogP contribution in [0.2, 0.25) is 5.02 Å². The fourth-order valence-corrected chi connectivity index (χ4v) is 1.82. The Hall–Kier alpha value is -1.58. The van der Waals surface area contributed by atoms with Gasteiger partial charge >= 0.3 is 0 Å². The number of anilines is 1. The predicted molar refractivity (Wildman–Crippen MR) is 78.3 cm³/mol. The van der Waals surface area contributed by atoms with E-state index in [4.69, 9.17) is 16.3 Å². The first-order valence-electron chi connectivity index (χ1n) is 6.30. The quantitative estimate of drug-likeness (QED) is 0.869. The van der Waals surface area contributed by atoms with Crippen LogP contribution >= 0.6 is 11.6 Å². The predicted octanol–water partition coefficient (Wildman–Crippen LogP) is 3.88. The maximum absolute atomic E-state index is 5.83. The molecule has 1 aromatic carbocycles. The van der Waals surface area contributed by atoms with Gasteiger partial charge in [0.1, 0.15) is 5.82 Å². The Balaban J connectivity index is 1.85. The van der Waals surface area contributed by atoms with Gasteiger partial charge < -0.3 is 10.1 Å². The molecule has 0 radical (unpaired) electrons. The number of rotatable bonds is 6. The standard InChI is InChI=1S/C15H17ClN2O/c1-2-17-15-5-3-4-14(18-15)11-19-10-12-6-8-13(16)9-7-12/h3-9H,2,10-11H2,1H3,(H,17,18). The SMILES string of the molecule is CCNc1cccc(COCc2ccc(Cl)cc2)n1. The summed E-state index contributed by atoms with van der Waals surface area (Å²) in [7, 11) is 0. The lowest BCUT2D eigenvalue weighted by Gasteiger charge is -2.07. The third-order valence-corrected chi connectivity index (χ3v) is 2.85. The molecule has 19 heavy (non-hydrogen) atoms. The molecule has 3 nitrogen and oxygen atoms in total. The lowest BCUT2D eigenvalue weighted by atomic mass is 10.2. The first-order chi connectivity index (χ1) is 9.28. The summed E-state index contributed by atoms with van der Waals surface area (Å²) < 4.78 is 5.65. The molecule has 4 heteroatoms. The van der Waals surface area contributed by atoms with Crippen molar-refractivity contribution in [2.45, 2.75) is 20.1 Å². The van der Waals surface area contributed by atoms with E-state index in [0.29, 0.717) is 13.2 Å². The number of halogens is 1. The Morgan fingerprint density at radius 3 is 2.63 bits per heavy atom. The Morgan fingerprint density at radius 1 is 1.11 bits per heavy atom. The van der Waals surface area contributed by atoms with E-state index in [9.17, 15) is 0 Å². The molecule has 2 aromatic rings. The minimum Gasteiger partial charge on any atom is -0.370 e. The monoisotopic (exact) mass is 276 g/mol. The molecule has 0 fully saturated rings. The molecule has 0 unspecified atom stereocenters. The number of hydrogen-bond acceptors (Lipinski definition) is 3. The Bertz CT molecular complexity index is 514. The van der Waals surface area contributed by atoms with Crippen LogP contribution in [0.4, 0.5) is 5.82 Å². The molecule has 1 heterocycles. The van der Waals surface area contributed by atoms with Gasteiger partial charge in [0.15, 0.2) is 0 Å². The average molecular weight is 277 g/mol. The zero-order valence-electron chi connectivity index (χ0n) is 10.9. The molecule has 0 amide bonds. The van der Waals surface area contributed by atoms with Gasteiger partial charge in [-0.25, -0.2) is 4.98 Å². The fourth-order valence-electron chi connectivity index (χ4n) is 1.69. The minimum absolute atomic E-state index is 0.502. The van der Waals surface area contributed by atoms with Crippen LogP contribution in [0.3, 0.4) is 0 Å². The summed E-state index contributed by atoms with van der Waals surface area (Å²) in [6.45, 7) is 3.97. The van der Waals surface area contributed by atoms with Crippen LogP contribution in [-0.4, -0.2) is 11.5 Å². The van der Waals surface area contributed by atoms with Gasteiger partial charge in [-0.15, -0.1) is 0 Å². The van der Waals surface area contributed by atoms with Crippen molar-refractivity contribution in [1.82, 2.24) is 4.98 Å². The summed E-state index contributed by atoms with van der Waals surface area (Å²) in [4.78, 5) is 4.45. The van der Waals surface area contributed by atoms with Gasteiger partial charge in [0.05, 0.1) is 18.9 Å². The van der Waals surface area contributed by atoms with Crippen LogP contribution in [-0.2, 0) is 18.0 Å². The van der Waals surface area contributed by atoms with Crippen molar-refractivity contribution in [2.24, 2.45) is 0 Å². The molecular formula is C15H17ClN2O. The second-order valence-corrected chi connectivity index (χ2v) is 4.60. The van der Waals surface area contributed by atoms with Gasteiger partial charge in [-0.05, 0) is 36.8 Å². The fraction of sp³-hybridized carbons (Fsp3) is 0.267. The van der Waals surface area contributed by atoms with Crippen molar-refractivity contribution in [3.8, 4) is 0 Å². The second kappa shape index (κ2) is 7.12. The maximum atomic E-state index is 5.83. The summed E-state index contributed by atoms with van der Waals surface area (Å²) in [5.74, 6) is 0.884. The minimum atomic E-state index is 0.502. The van der Waals surface area contributed by atoms with Gasteiger partial charge in [-0.3, -0.25) is 0 Å². The smallest absolute Gasteiger partial charge is 0.126 e. The van der Waals surface area contributed by atoms with E-state index in [0.717, 1.165) is 28.6 Å². The van der Waals surface area contributed by atoms with Crippen molar-refractivity contribution in [3.63, 3.8) is 0 Å². The molecule has 0 saturated carbocycles. The zero-order valence-corrected chi connectivity index (χ0v) is 11.7. The van der Waals surface area contributed by atoms with Crippen molar-refractivity contribution in [3.05, 3.63) is 58.7 Å². The van der Waals surface area contributed by atoms with Crippen molar-refractivity contribution >= 4 is 17.4 Å². The molecular weight excluding hydrogens is 260 g/mol. The van der Waals surface area contributed by atoms with E-state index in [2.05, 4.69) is 10.3 Å². The molecule has 0 bridgehead atoms. The number of benzene rings is 1. The van der Waals surface area contributed by atoms with Crippen LogP contribution in [0.1, 0.15) is 18.2 Å². The lowest BCUT2D eigenvalue weighted by Crippen LogP contribution is -2.02. The Labute approximate surface area is 118 Å². The molecule has 1 aromatic heterocycles. The number of ether oxygens (including phenoxy) is 1. The van der Waals surface area contributed by atoms with Gasteiger partial charge in [-0.2, -0.15) is 0 Å². The number of nitrogens with one attached hydrogen (secondary N) is 1. The topological polar surface area (TPSA) is 34.1 Å². The van der Waals surface area contributed by atoms with Crippen LogP contribution in [0, 0.1) is 0 Å². The molecule has 0 aliphatic rings. The summed E-state index contributed by atoms with van der Waals surface area (Å²) >= 11 is 5.83. The molecule has 0 aliphatic carbocycles. The van der Waals surface area contributed by atoms with Gasteiger partial charge in [0.2, 0.25) is 0 Å². The summed E-state index contributed by atoms with van der Waals surface area (Å²) in [6, 6.07) is 13.5. The van der Waals surface area contributed by atoms with E-state index in [1.54, 1.807) is 0 Å². The highest BCUT2D eigenvalue weighted by Gasteiger charge is 1.98. The molecule has 0 aliphatic heterocycles. The van der Waals surface area contributed by atoms with E-state index in [-0.39, 0.29) is 0 Å². The zero-order chi connectivity index (χ0) is 13.5. The molecule has 0 atom stereocenters. The van der Waals surface area contributed by atoms with Crippen LogP contribution in [0.25, 0.3) is 0 Å². The molecule has 1 N–H and O–H groups in total. The van der Waals surface area contributed by atoms with E-state index >= 15 is 0 Å². The Morgan fingerprint density at radius 2 is 1.89 bits per heavy atom. The normalized spacial score (nSPS) is 10.4. The summed E-state index contributed by atoms with van der Waals surface area (Å²) in [5.41, 5.74) is 2.03. The van der Waals surface area contributed by atoms with Crippen LogP contribution in [0.15, 0.2) is 42.5 Å². The Kier molecular flexibility index (Phi) is 5.19. The summed E-state index contributed by atoms with van der Waals surface area (Å²) in [5, 5.41) is 3.92.